The molecule has 3 heterocycles. The molecule has 1 atom stereocenters. The Morgan fingerprint density at radius 3 is 2.47 bits per heavy atom. The minimum absolute atomic E-state index is 0.230. The van der Waals surface area contributed by atoms with Gasteiger partial charge in [-0.15, -0.1) is 11.3 Å². The molecule has 1 aromatic rings. The van der Waals surface area contributed by atoms with Crippen LogP contribution in [0.3, 0.4) is 0 Å². The number of carbonyl (C=O) groups excluding carboxylic acids is 4. The van der Waals surface area contributed by atoms with Gasteiger partial charge in [-0.2, -0.15) is 0 Å². The number of likely N-dealkylation sites (N-methyl/N-ethyl adjacent to an activating group) is 2. The van der Waals surface area contributed by atoms with Crippen LogP contribution in [0.2, 0.25) is 0 Å². The zero-order chi connectivity index (χ0) is 21.8. The van der Waals surface area contributed by atoms with Crippen molar-refractivity contribution in [3.63, 3.8) is 0 Å². The minimum atomic E-state index is -1.15. The van der Waals surface area contributed by atoms with Crippen LogP contribution in [0.5, 0.6) is 0 Å². The molecule has 3 rings (SSSR count). The Labute approximate surface area is 178 Å². The fourth-order valence-electron chi connectivity index (χ4n) is 3.37. The molecule has 0 spiro atoms. The molecule has 1 fully saturated rings. The first kappa shape index (κ1) is 22.1. The van der Waals surface area contributed by atoms with Gasteiger partial charge in [-0.1, -0.05) is 0 Å². The van der Waals surface area contributed by atoms with Crippen molar-refractivity contribution in [3.05, 3.63) is 15.6 Å². The standard InChI is InChI=1S/C18H27N7O4S/c1-23-5-7-25(8-6-23)18(29)12(9-20-15(27)14(19)26)21-16(28)17-22-11-3-4-24(2)10-13(11)30-17/h12H,3-10H2,1-2H3,(H2,19,26)(H,20,27)(H,21,28). The molecule has 164 valence electrons. The zero-order valence-electron chi connectivity index (χ0n) is 17.1. The molecule has 4 amide bonds. The molecular formula is C18H27N7O4S. The number of hydrogen-bond acceptors (Lipinski definition) is 8. The van der Waals surface area contributed by atoms with E-state index in [2.05, 4.69) is 25.4 Å². The zero-order valence-corrected chi connectivity index (χ0v) is 18.0. The Morgan fingerprint density at radius 2 is 1.80 bits per heavy atom. The molecule has 1 aromatic heterocycles. The SMILES string of the molecule is CN1CCN(C(=O)C(CNC(=O)C(N)=O)NC(=O)c2nc3c(s2)CN(C)CC3)CC1. The largest absolute Gasteiger partial charge is 0.361 e. The van der Waals surface area contributed by atoms with Crippen LogP contribution in [0.1, 0.15) is 20.4 Å². The summed E-state index contributed by atoms with van der Waals surface area (Å²) in [5, 5.41) is 5.28. The minimum Gasteiger partial charge on any atom is -0.361 e. The van der Waals surface area contributed by atoms with Crippen LogP contribution in [0.4, 0.5) is 0 Å². The summed E-state index contributed by atoms with van der Waals surface area (Å²) in [6, 6.07) is -1.02. The van der Waals surface area contributed by atoms with Crippen LogP contribution >= 0.6 is 11.3 Å². The highest BCUT2D eigenvalue weighted by atomic mass is 32.1. The van der Waals surface area contributed by atoms with Gasteiger partial charge in [0.25, 0.3) is 5.91 Å². The lowest BCUT2D eigenvalue weighted by atomic mass is 10.2. The van der Waals surface area contributed by atoms with Gasteiger partial charge in [0, 0.05) is 57.1 Å². The molecule has 0 bridgehead atoms. The number of rotatable bonds is 5. The molecule has 11 nitrogen and oxygen atoms in total. The maximum atomic E-state index is 13.0. The van der Waals surface area contributed by atoms with E-state index in [1.807, 2.05) is 14.1 Å². The van der Waals surface area contributed by atoms with Gasteiger partial charge < -0.3 is 31.1 Å². The first-order chi connectivity index (χ1) is 14.2. The fraction of sp³-hybridized carbons (Fsp3) is 0.611. The number of nitrogens with one attached hydrogen (secondary N) is 2. The van der Waals surface area contributed by atoms with Crippen LogP contribution in [-0.2, 0) is 27.3 Å². The molecule has 0 aromatic carbocycles. The monoisotopic (exact) mass is 437 g/mol. The van der Waals surface area contributed by atoms with Gasteiger partial charge in [0.1, 0.15) is 6.04 Å². The van der Waals surface area contributed by atoms with Gasteiger partial charge in [0.05, 0.1) is 5.69 Å². The topological polar surface area (TPSA) is 141 Å². The number of piperazine rings is 1. The summed E-state index contributed by atoms with van der Waals surface area (Å²) in [7, 11) is 3.98. The normalized spacial score (nSPS) is 18.4. The van der Waals surface area contributed by atoms with Crippen LogP contribution in [0.25, 0.3) is 0 Å². The summed E-state index contributed by atoms with van der Waals surface area (Å²) in [6.45, 7) is 3.85. The number of hydrogen-bond donors (Lipinski definition) is 3. The Hall–Kier alpha value is -2.57. The molecule has 2 aliphatic rings. The van der Waals surface area contributed by atoms with Gasteiger partial charge >= 0.3 is 11.8 Å². The number of aromatic nitrogens is 1. The summed E-state index contributed by atoms with van der Waals surface area (Å²) >= 11 is 1.31. The van der Waals surface area contributed by atoms with E-state index in [1.165, 1.54) is 11.3 Å². The van der Waals surface area contributed by atoms with Crippen molar-refractivity contribution in [1.29, 1.82) is 0 Å². The van der Waals surface area contributed by atoms with Crippen LogP contribution in [-0.4, -0.2) is 103 Å². The van der Waals surface area contributed by atoms with E-state index in [1.54, 1.807) is 4.90 Å². The highest BCUT2D eigenvalue weighted by molar-refractivity contribution is 7.13. The molecule has 2 aliphatic heterocycles. The maximum Gasteiger partial charge on any atom is 0.309 e. The van der Waals surface area contributed by atoms with Crippen molar-refractivity contribution in [2.75, 3.05) is 53.4 Å². The predicted octanol–water partition coefficient (Wildman–Crippen LogP) is -2.40. The van der Waals surface area contributed by atoms with Gasteiger partial charge in [0.2, 0.25) is 5.91 Å². The van der Waals surface area contributed by atoms with E-state index in [0.717, 1.165) is 30.1 Å². The van der Waals surface area contributed by atoms with E-state index < -0.39 is 23.8 Å². The number of nitrogens with two attached hydrogens (primary N) is 1. The third-order valence-electron chi connectivity index (χ3n) is 5.23. The lowest BCUT2D eigenvalue weighted by molar-refractivity contribution is -0.138. The second-order valence-electron chi connectivity index (χ2n) is 7.61. The Bertz CT molecular complexity index is 835. The average Bonchev–Trinajstić information content (AvgIpc) is 3.14. The van der Waals surface area contributed by atoms with Gasteiger partial charge in [-0.25, -0.2) is 4.98 Å². The molecule has 0 radical (unpaired) electrons. The summed E-state index contributed by atoms with van der Waals surface area (Å²) in [5.74, 6) is -2.95. The van der Waals surface area contributed by atoms with Crippen molar-refractivity contribution < 1.29 is 19.2 Å². The molecule has 12 heteroatoms. The third kappa shape index (κ3) is 5.32. The smallest absolute Gasteiger partial charge is 0.309 e. The molecule has 30 heavy (non-hydrogen) atoms. The lowest BCUT2D eigenvalue weighted by Gasteiger charge is -2.34. The summed E-state index contributed by atoms with van der Waals surface area (Å²) in [5.41, 5.74) is 5.87. The first-order valence-corrected chi connectivity index (χ1v) is 10.6. The van der Waals surface area contributed by atoms with Crippen molar-refractivity contribution in [1.82, 2.24) is 30.3 Å². The van der Waals surface area contributed by atoms with E-state index in [4.69, 9.17) is 5.73 Å². The van der Waals surface area contributed by atoms with Crippen molar-refractivity contribution in [2.45, 2.75) is 19.0 Å². The van der Waals surface area contributed by atoms with Gasteiger partial charge in [0.15, 0.2) is 5.01 Å². The van der Waals surface area contributed by atoms with E-state index in [9.17, 15) is 19.2 Å². The number of fused-ring (bicyclic) bond motifs is 1. The second kappa shape index (κ2) is 9.49. The summed E-state index contributed by atoms with van der Waals surface area (Å²) in [4.78, 5) is 59.7. The van der Waals surface area contributed by atoms with Crippen LogP contribution in [0, 0.1) is 0 Å². The number of nitrogens with zero attached hydrogens (tertiary/aromatic N) is 4. The van der Waals surface area contributed by atoms with Gasteiger partial charge in [-0.05, 0) is 14.1 Å². The number of primary amides is 1. The summed E-state index contributed by atoms with van der Waals surface area (Å²) in [6.07, 6.45) is 0.772. The third-order valence-corrected chi connectivity index (χ3v) is 6.31. The lowest BCUT2D eigenvalue weighted by Crippen LogP contribution is -2.58. The van der Waals surface area contributed by atoms with Crippen molar-refractivity contribution in [2.24, 2.45) is 5.73 Å². The summed E-state index contributed by atoms with van der Waals surface area (Å²) < 4.78 is 0. The van der Waals surface area contributed by atoms with E-state index >= 15 is 0 Å². The van der Waals surface area contributed by atoms with E-state index in [-0.39, 0.29) is 17.5 Å². The van der Waals surface area contributed by atoms with Crippen molar-refractivity contribution >= 4 is 35.0 Å². The Kier molecular flexibility index (Phi) is 7.00. The highest BCUT2D eigenvalue weighted by Gasteiger charge is 2.30. The Balaban J connectivity index is 1.70. The number of amides is 4. The van der Waals surface area contributed by atoms with Gasteiger partial charge in [-0.3, -0.25) is 19.2 Å². The van der Waals surface area contributed by atoms with Crippen LogP contribution < -0.4 is 16.4 Å². The Morgan fingerprint density at radius 1 is 1.10 bits per heavy atom. The highest BCUT2D eigenvalue weighted by Crippen LogP contribution is 2.24. The average molecular weight is 438 g/mol. The molecule has 1 unspecified atom stereocenters. The maximum absolute atomic E-state index is 13.0. The quantitative estimate of drug-likeness (QED) is 0.436. The van der Waals surface area contributed by atoms with Crippen molar-refractivity contribution in [3.8, 4) is 0 Å². The number of carbonyl (C=O) groups is 4. The molecule has 0 aliphatic carbocycles. The predicted molar refractivity (Wildman–Crippen MR) is 110 cm³/mol. The first-order valence-electron chi connectivity index (χ1n) is 9.77. The number of thiazole rings is 1. The fourth-order valence-corrected chi connectivity index (χ4v) is 4.46. The molecule has 1 saturated heterocycles. The van der Waals surface area contributed by atoms with E-state index in [0.29, 0.717) is 26.2 Å². The molecule has 4 N–H and O–H groups in total. The molecule has 0 saturated carbocycles. The molecular weight excluding hydrogens is 410 g/mol. The van der Waals surface area contributed by atoms with Crippen LogP contribution in [0.15, 0.2) is 0 Å². The second-order valence-corrected chi connectivity index (χ2v) is 8.69.